The first-order chi connectivity index (χ1) is 25.1. The highest BCUT2D eigenvalue weighted by Gasteiger charge is 2.43. The minimum Gasteiger partial charge on any atom is -0.474 e. The van der Waals surface area contributed by atoms with Crippen molar-refractivity contribution < 1.29 is 23.9 Å². The van der Waals surface area contributed by atoms with E-state index in [1.54, 1.807) is 22.6 Å². The van der Waals surface area contributed by atoms with Crippen LogP contribution in [0.2, 0.25) is 0 Å². The molecule has 7 rings (SSSR count). The molecule has 4 amide bonds. The van der Waals surface area contributed by atoms with Crippen molar-refractivity contribution in [1.82, 2.24) is 30.8 Å². The highest BCUT2D eigenvalue weighted by Crippen LogP contribution is 2.30. The second-order valence-electron chi connectivity index (χ2n) is 13.7. The summed E-state index contributed by atoms with van der Waals surface area (Å²) in [5.41, 5.74) is 2.24. The van der Waals surface area contributed by atoms with Crippen molar-refractivity contribution in [3.63, 3.8) is 0 Å². The summed E-state index contributed by atoms with van der Waals surface area (Å²) < 4.78 is 6.19. The van der Waals surface area contributed by atoms with E-state index >= 15 is 0 Å². The topological polar surface area (TPSA) is 155 Å². The molecule has 270 valence electrons. The van der Waals surface area contributed by atoms with Crippen molar-refractivity contribution in [2.45, 2.75) is 82.8 Å². The number of nitrogens with zero attached hydrogens (tertiary/aromatic N) is 4. The Labute approximate surface area is 310 Å². The van der Waals surface area contributed by atoms with E-state index in [1.165, 1.54) is 22.7 Å². The predicted octanol–water partition coefficient (Wildman–Crippen LogP) is 4.66. The molecule has 3 aliphatic heterocycles. The zero-order valence-corrected chi connectivity index (χ0v) is 30.8. The first kappa shape index (κ1) is 35.5. The third-order valence-corrected chi connectivity index (χ3v) is 11.5. The Hall–Kier alpha value is -4.95. The summed E-state index contributed by atoms with van der Waals surface area (Å²) in [6.45, 7) is 6.22. The van der Waals surface area contributed by atoms with Crippen molar-refractivity contribution in [2.24, 2.45) is 10.9 Å². The van der Waals surface area contributed by atoms with E-state index in [0.717, 1.165) is 17.5 Å². The van der Waals surface area contributed by atoms with E-state index in [0.29, 0.717) is 35.3 Å². The van der Waals surface area contributed by atoms with Crippen LogP contribution in [0.5, 0.6) is 0 Å². The van der Waals surface area contributed by atoms with Gasteiger partial charge in [0.05, 0.1) is 12.1 Å². The molecular weight excluding hydrogens is 699 g/mol. The van der Waals surface area contributed by atoms with E-state index in [-0.39, 0.29) is 35.5 Å². The molecule has 2 aromatic heterocycles. The first-order valence-corrected chi connectivity index (χ1v) is 19.4. The molecule has 0 aliphatic carbocycles. The molecule has 2 aromatic carbocycles. The molecule has 1 saturated heterocycles. The number of nitrogens with one attached hydrogen (secondary N) is 3. The molecule has 6 bridgehead atoms. The number of thiazole rings is 2. The number of benzene rings is 2. The second kappa shape index (κ2) is 15.3. The third-order valence-electron chi connectivity index (χ3n) is 9.62. The molecule has 5 heterocycles. The molecule has 14 heteroatoms. The van der Waals surface area contributed by atoms with Gasteiger partial charge in [0.2, 0.25) is 17.7 Å². The molecule has 4 aromatic rings. The van der Waals surface area contributed by atoms with Crippen molar-refractivity contribution in [3.8, 4) is 0 Å². The lowest BCUT2D eigenvalue weighted by atomic mass is 10.0. The number of carbonyl (C=O) groups is 4. The fourth-order valence-corrected chi connectivity index (χ4v) is 8.72. The van der Waals surface area contributed by atoms with Gasteiger partial charge in [-0.2, -0.15) is 0 Å². The SMILES string of the molecule is CC(C)[C@@H]1NC(=O)[C@H]2N=C(O[C@@H]2C)[C@@H]2CCCN2C(=O)[C@@H](Cc2ccccc2)NC(=O)c2csc(n2)[C@@H](Cc2ccccc2)NC(=O)c2csc1n2. The van der Waals surface area contributed by atoms with Gasteiger partial charge >= 0.3 is 0 Å². The Kier molecular flexibility index (Phi) is 10.5. The summed E-state index contributed by atoms with van der Waals surface area (Å²) in [7, 11) is 0. The van der Waals surface area contributed by atoms with Crippen molar-refractivity contribution in [3.05, 3.63) is 104 Å². The van der Waals surface area contributed by atoms with Crippen LogP contribution in [0.1, 0.15) is 87.8 Å². The quantitative estimate of drug-likeness (QED) is 0.269. The van der Waals surface area contributed by atoms with E-state index in [2.05, 4.69) is 20.9 Å². The maximum atomic E-state index is 14.4. The van der Waals surface area contributed by atoms with E-state index < -0.39 is 48.1 Å². The largest absolute Gasteiger partial charge is 0.474 e. The molecule has 1 fully saturated rings. The van der Waals surface area contributed by atoms with Crippen LogP contribution in [-0.2, 0) is 27.2 Å². The molecule has 3 aliphatic rings. The standard InChI is InChI=1S/C38H41N7O5S2/c1-21(2)30-37-42-28(20-52-37)32(46)39-25(17-23-11-6-4-7-12-23)36-41-27(19-51-36)33(47)40-26(18-24-13-8-5-9-14-24)38(49)45-16-10-15-29(45)35-44-31(22(3)50-35)34(48)43-30/h4-9,11-14,19-22,25-26,29-31H,10,15-18H2,1-3H3,(H,39,46)(H,40,47)(H,43,48)/t22-,25-,26-,29+,30+,31+/m1/s1. The summed E-state index contributed by atoms with van der Waals surface area (Å²) in [5.74, 6) is -1.17. The monoisotopic (exact) mass is 739 g/mol. The molecule has 0 unspecified atom stereocenters. The van der Waals surface area contributed by atoms with Crippen LogP contribution < -0.4 is 16.0 Å². The Morgan fingerprint density at radius 1 is 0.808 bits per heavy atom. The Balaban J connectivity index is 1.27. The van der Waals surface area contributed by atoms with Gasteiger partial charge in [-0.3, -0.25) is 19.2 Å². The molecule has 12 nitrogen and oxygen atoms in total. The zero-order valence-electron chi connectivity index (χ0n) is 29.2. The minimum absolute atomic E-state index is 0.0391. The summed E-state index contributed by atoms with van der Waals surface area (Å²) in [5, 5.41) is 13.7. The maximum Gasteiger partial charge on any atom is 0.271 e. The first-order valence-electron chi connectivity index (χ1n) is 17.6. The summed E-state index contributed by atoms with van der Waals surface area (Å²) in [4.78, 5) is 71.6. The number of fused-ring (bicyclic) bond motifs is 7. The lowest BCUT2D eigenvalue weighted by Crippen LogP contribution is -2.52. The van der Waals surface area contributed by atoms with Gasteiger partial charge in [0.15, 0.2) is 6.04 Å². The van der Waals surface area contributed by atoms with Gasteiger partial charge in [-0.1, -0.05) is 74.5 Å². The van der Waals surface area contributed by atoms with Crippen LogP contribution in [0.4, 0.5) is 0 Å². The number of ether oxygens (including phenoxy) is 1. The van der Waals surface area contributed by atoms with E-state index in [4.69, 9.17) is 14.7 Å². The van der Waals surface area contributed by atoms with E-state index in [9.17, 15) is 19.2 Å². The number of amides is 4. The van der Waals surface area contributed by atoms with Gasteiger partial charge in [-0.05, 0) is 43.2 Å². The summed E-state index contributed by atoms with van der Waals surface area (Å²) >= 11 is 2.57. The van der Waals surface area contributed by atoms with Gasteiger partial charge < -0.3 is 25.6 Å². The minimum atomic E-state index is -0.904. The van der Waals surface area contributed by atoms with Crippen LogP contribution in [0.25, 0.3) is 0 Å². The van der Waals surface area contributed by atoms with Crippen LogP contribution in [0.15, 0.2) is 76.4 Å². The Morgan fingerprint density at radius 3 is 2.02 bits per heavy atom. The molecule has 52 heavy (non-hydrogen) atoms. The lowest BCUT2D eigenvalue weighted by Gasteiger charge is -2.29. The lowest BCUT2D eigenvalue weighted by molar-refractivity contribution is -0.133. The zero-order chi connectivity index (χ0) is 36.4. The number of hydrogen-bond donors (Lipinski definition) is 3. The van der Waals surface area contributed by atoms with Crippen LogP contribution in [0.3, 0.4) is 0 Å². The van der Waals surface area contributed by atoms with Gasteiger partial charge in [0, 0.05) is 23.7 Å². The van der Waals surface area contributed by atoms with Gasteiger partial charge in [-0.25, -0.2) is 15.0 Å². The number of aliphatic imine (C=N–C) groups is 1. The predicted molar refractivity (Wildman–Crippen MR) is 198 cm³/mol. The number of hydrogen-bond acceptors (Lipinski definition) is 10. The van der Waals surface area contributed by atoms with Gasteiger partial charge in [0.1, 0.15) is 39.6 Å². The summed E-state index contributed by atoms with van der Waals surface area (Å²) in [6.07, 6.45) is 1.48. The van der Waals surface area contributed by atoms with Crippen LogP contribution in [-0.4, -0.2) is 75.2 Å². The molecule has 0 saturated carbocycles. The van der Waals surface area contributed by atoms with Crippen LogP contribution >= 0.6 is 22.7 Å². The number of rotatable bonds is 5. The molecular formula is C38H41N7O5S2. The van der Waals surface area contributed by atoms with E-state index in [1.807, 2.05) is 74.5 Å². The molecule has 6 atom stereocenters. The molecule has 0 spiro atoms. The summed E-state index contributed by atoms with van der Waals surface area (Å²) in [6, 6.07) is 16.0. The Morgan fingerprint density at radius 2 is 1.38 bits per heavy atom. The van der Waals surface area contributed by atoms with Gasteiger partial charge in [-0.15, -0.1) is 22.7 Å². The number of aromatic nitrogens is 2. The third kappa shape index (κ3) is 7.63. The van der Waals surface area contributed by atoms with Crippen molar-refractivity contribution in [2.75, 3.05) is 6.54 Å². The average molecular weight is 740 g/mol. The fraction of sp³-hybridized carbons (Fsp3) is 0.395. The highest BCUT2D eigenvalue weighted by atomic mass is 32.1. The fourth-order valence-electron chi connectivity index (χ4n) is 6.85. The molecule has 3 N–H and O–H groups in total. The maximum absolute atomic E-state index is 14.4. The van der Waals surface area contributed by atoms with Crippen molar-refractivity contribution in [1.29, 1.82) is 0 Å². The number of carbonyl (C=O) groups excluding carboxylic acids is 4. The molecule has 0 radical (unpaired) electrons. The van der Waals surface area contributed by atoms with Crippen LogP contribution in [0, 0.1) is 5.92 Å². The van der Waals surface area contributed by atoms with Crippen molar-refractivity contribution >= 4 is 52.2 Å². The second-order valence-corrected chi connectivity index (χ2v) is 15.5. The normalized spacial score (nSPS) is 25.4. The highest BCUT2D eigenvalue weighted by molar-refractivity contribution is 7.10. The smallest absolute Gasteiger partial charge is 0.271 e. The average Bonchev–Trinajstić information content (AvgIpc) is 3.97. The Bertz CT molecular complexity index is 1960. The van der Waals surface area contributed by atoms with Gasteiger partial charge in [0.25, 0.3) is 11.8 Å².